The molecule has 3 atom stereocenters. The molecule has 378 valence electrons. The summed E-state index contributed by atoms with van der Waals surface area (Å²) in [7, 11) is -5.15. The number of aromatic nitrogens is 5. The smallest absolute Gasteiger partial charge is 0.412 e. The van der Waals surface area contributed by atoms with Crippen molar-refractivity contribution in [3.8, 4) is 28.6 Å². The van der Waals surface area contributed by atoms with Gasteiger partial charge in [-0.15, -0.1) is 0 Å². The summed E-state index contributed by atoms with van der Waals surface area (Å²) in [5.74, 6) is -4.20. The van der Waals surface area contributed by atoms with Gasteiger partial charge in [-0.05, 0) is 77.6 Å². The van der Waals surface area contributed by atoms with E-state index in [1.165, 1.54) is 16.7 Å². The third kappa shape index (κ3) is 11.9. The summed E-state index contributed by atoms with van der Waals surface area (Å²) in [6.45, 7) is 25.8. The molecule has 2 saturated heterocycles. The fourth-order valence-electron chi connectivity index (χ4n) is 7.56. The van der Waals surface area contributed by atoms with E-state index in [1.807, 2.05) is 93.7 Å². The Balaban J connectivity index is 0.988. The first-order chi connectivity index (χ1) is 32.0. The van der Waals surface area contributed by atoms with Gasteiger partial charge in [0.15, 0.2) is 22.5 Å². The number of rotatable bonds is 15. The summed E-state index contributed by atoms with van der Waals surface area (Å²) < 4.78 is 58.8. The van der Waals surface area contributed by atoms with E-state index in [0.717, 1.165) is 11.8 Å². The molecule has 0 aliphatic carbocycles. The lowest BCUT2D eigenvalue weighted by Crippen LogP contribution is -2.53. The van der Waals surface area contributed by atoms with E-state index in [1.54, 1.807) is 23.1 Å². The van der Waals surface area contributed by atoms with E-state index in [2.05, 4.69) is 25.4 Å². The number of ether oxygens (including phenoxy) is 2. The first kappa shape index (κ1) is 53.1. The summed E-state index contributed by atoms with van der Waals surface area (Å²) in [6.07, 6.45) is -4.92. The Kier molecular flexibility index (Phi) is 15.6. The number of benzene rings is 2. The topological polar surface area (TPSA) is 216 Å². The fourth-order valence-corrected chi connectivity index (χ4v) is 9.87. The van der Waals surface area contributed by atoms with Crippen LogP contribution in [0, 0.1) is 0 Å². The average Bonchev–Trinajstić information content (AvgIpc) is 3.74. The predicted octanol–water partition coefficient (Wildman–Crippen LogP) is 7.55. The van der Waals surface area contributed by atoms with E-state index in [9.17, 15) is 29.4 Å². The van der Waals surface area contributed by atoms with Crippen LogP contribution in [0.2, 0.25) is 36.3 Å². The van der Waals surface area contributed by atoms with E-state index in [0.29, 0.717) is 54.1 Å². The second-order valence-electron chi connectivity index (χ2n) is 21.2. The lowest BCUT2D eigenvalue weighted by atomic mass is 9.98. The van der Waals surface area contributed by atoms with Gasteiger partial charge in [0.2, 0.25) is 12.1 Å². The number of aromatic amines is 1. The highest BCUT2D eigenvalue weighted by Crippen LogP contribution is 2.49. The number of anilines is 1. The van der Waals surface area contributed by atoms with Crippen molar-refractivity contribution in [2.45, 2.75) is 135 Å². The molecule has 2 aliphatic rings. The molecule has 18 nitrogen and oxygen atoms in total. The number of halogens is 2. The molecule has 0 radical (unpaired) electrons. The second-order valence-corrected chi connectivity index (χ2v) is 30.7. The van der Waals surface area contributed by atoms with E-state index >= 15 is 8.78 Å². The van der Waals surface area contributed by atoms with Crippen LogP contribution in [0.15, 0.2) is 58.3 Å². The number of carbonyl (C=O) groups excluding carboxylic acids is 2. The number of H-pyrrole nitrogens is 1. The minimum atomic E-state index is -3.65. The van der Waals surface area contributed by atoms with Crippen LogP contribution >= 0.6 is 0 Å². The molecule has 4 heterocycles. The molecule has 2 fully saturated rings. The van der Waals surface area contributed by atoms with Crippen LogP contribution in [0.25, 0.3) is 17.1 Å². The Morgan fingerprint density at radius 1 is 0.942 bits per heavy atom. The number of alkyl halides is 2. The highest BCUT2D eigenvalue weighted by Gasteiger charge is 2.63. The van der Waals surface area contributed by atoms with Crippen LogP contribution < -0.4 is 16.7 Å². The number of phenolic OH excluding ortho intramolecular Hbond substituents is 2. The number of piperazine rings is 1. The Bertz CT molecular complexity index is 2600. The van der Waals surface area contributed by atoms with Crippen LogP contribution in [0.3, 0.4) is 0 Å². The number of amides is 2. The summed E-state index contributed by atoms with van der Waals surface area (Å²) in [6, 6.07) is 11.4. The molecular weight excluding hydrogens is 931 g/mol. The molecule has 3 unspecified atom stereocenters. The van der Waals surface area contributed by atoms with Gasteiger partial charge in [0.1, 0.15) is 36.1 Å². The monoisotopic (exact) mass is 998 g/mol. The van der Waals surface area contributed by atoms with Gasteiger partial charge in [0.05, 0.1) is 24.3 Å². The molecule has 2 aliphatic heterocycles. The minimum Gasteiger partial charge on any atom is -0.508 e. The number of phenols is 2. The molecule has 4 N–H and O–H groups in total. The van der Waals surface area contributed by atoms with Crippen LogP contribution in [0.1, 0.15) is 85.1 Å². The van der Waals surface area contributed by atoms with Crippen LogP contribution in [-0.4, -0.2) is 130 Å². The molecule has 4 aromatic rings. The summed E-state index contributed by atoms with van der Waals surface area (Å²) >= 11 is 0. The zero-order chi connectivity index (χ0) is 51.0. The second kappa shape index (κ2) is 20.2. The fraction of sp³-hybridized carbons (Fsp3) is 0.574. The average molecular weight is 999 g/mol. The van der Waals surface area contributed by atoms with E-state index < -0.39 is 63.5 Å². The van der Waals surface area contributed by atoms with Crippen molar-refractivity contribution in [2.24, 2.45) is 0 Å². The number of nitrogens with one attached hydrogen (secondary N) is 2. The van der Waals surface area contributed by atoms with Gasteiger partial charge in [-0.3, -0.25) is 19.6 Å². The van der Waals surface area contributed by atoms with Crippen molar-refractivity contribution >= 4 is 34.5 Å². The standard InChI is InChI=1S/C47H68F2N8O10Si2/c1-29(2)32-25-33(35(59)26-34(32)58)40-52-53-43(62)57(40)31-15-13-30(14-16-31)27-54-20-22-55(23-21-54)38(60)18-24-64-44(63)51-37-17-19-56(42(61)50-37)41-47(48,49)39(67-69(11,12)46(6,7)8)36(66-41)28-65-68(9,10)45(3,4)5/h13-17,19,25-26,29,36,39,41,58-59H,18,20-24,27-28H2,1-12H3,(H,53,62)(H,50,51,61,63). The molecule has 2 amide bonds. The van der Waals surface area contributed by atoms with Gasteiger partial charge in [0.25, 0.3) is 0 Å². The summed E-state index contributed by atoms with van der Waals surface area (Å²) in [5, 5.41) is 29.3. The third-order valence-corrected chi connectivity index (χ3v) is 22.8. The molecule has 0 spiro atoms. The number of nitrogens with zero attached hydrogens (tertiary/aromatic N) is 6. The van der Waals surface area contributed by atoms with Crippen molar-refractivity contribution in [2.75, 3.05) is 44.7 Å². The first-order valence-electron chi connectivity index (χ1n) is 23.2. The third-order valence-electron chi connectivity index (χ3n) is 13.9. The Morgan fingerprint density at radius 2 is 1.58 bits per heavy atom. The Labute approximate surface area is 403 Å². The SMILES string of the molecule is CC(C)c1cc(-c2n[nH]c(=O)n2-c2ccc(CN3CCN(C(=O)CCOC(=O)Nc4ccn(C5OC(CO[Si](C)(C)C(C)(C)C)C(O[Si](C)(C)C(C)(C)C)C5(F)F)c(=O)n4)CC3)cc2)c(O)cc1O. The molecular formula is C47H68F2N8O10Si2. The highest BCUT2D eigenvalue weighted by molar-refractivity contribution is 6.74. The minimum absolute atomic E-state index is 0.0402. The maximum Gasteiger partial charge on any atom is 0.412 e. The lowest BCUT2D eigenvalue weighted by Gasteiger charge is -2.41. The van der Waals surface area contributed by atoms with Crippen molar-refractivity contribution in [3.05, 3.63) is 80.8 Å². The largest absolute Gasteiger partial charge is 0.508 e. The zero-order valence-corrected chi connectivity index (χ0v) is 43.7. The molecule has 0 saturated carbocycles. The van der Waals surface area contributed by atoms with Gasteiger partial charge in [-0.25, -0.2) is 24.0 Å². The molecule has 2 aromatic carbocycles. The normalized spacial score (nSPS) is 19.3. The molecule has 0 bridgehead atoms. The van der Waals surface area contributed by atoms with Gasteiger partial charge < -0.3 is 33.4 Å². The summed E-state index contributed by atoms with van der Waals surface area (Å²) in [5.41, 5.74) is 0.819. The summed E-state index contributed by atoms with van der Waals surface area (Å²) in [4.78, 5) is 59.6. The number of carbonyl (C=O) groups is 2. The maximum absolute atomic E-state index is 16.5. The molecule has 69 heavy (non-hydrogen) atoms. The van der Waals surface area contributed by atoms with Crippen LogP contribution in [0.4, 0.5) is 19.4 Å². The van der Waals surface area contributed by atoms with Gasteiger partial charge in [0, 0.05) is 45.0 Å². The lowest BCUT2D eigenvalue weighted by molar-refractivity contribution is -0.138. The van der Waals surface area contributed by atoms with Gasteiger partial charge >= 0.3 is 23.4 Å². The van der Waals surface area contributed by atoms with Gasteiger partial charge in [-0.1, -0.05) is 67.5 Å². The zero-order valence-electron chi connectivity index (χ0n) is 41.7. The van der Waals surface area contributed by atoms with Crippen molar-refractivity contribution in [3.63, 3.8) is 0 Å². The highest BCUT2D eigenvalue weighted by atomic mass is 28.4. The number of aromatic hydroxyl groups is 2. The molecule has 2 aromatic heterocycles. The van der Waals surface area contributed by atoms with Crippen molar-refractivity contribution in [1.82, 2.24) is 34.1 Å². The number of hydrogen-bond donors (Lipinski definition) is 4. The molecule has 6 rings (SSSR count). The van der Waals surface area contributed by atoms with Crippen molar-refractivity contribution in [1.29, 1.82) is 0 Å². The predicted molar refractivity (Wildman–Crippen MR) is 261 cm³/mol. The van der Waals surface area contributed by atoms with Gasteiger partial charge in [-0.2, -0.15) is 18.9 Å². The van der Waals surface area contributed by atoms with E-state index in [4.69, 9.17) is 18.3 Å². The van der Waals surface area contributed by atoms with Crippen LogP contribution in [0.5, 0.6) is 11.5 Å². The first-order valence-corrected chi connectivity index (χ1v) is 29.0. The quantitative estimate of drug-likeness (QED) is 0.0848. The molecule has 22 heteroatoms. The van der Waals surface area contributed by atoms with Crippen LogP contribution in [-0.2, 0) is 29.7 Å². The maximum atomic E-state index is 16.5. The number of hydrogen-bond acceptors (Lipinski definition) is 13. The Morgan fingerprint density at radius 3 is 2.17 bits per heavy atom. The Hall–Kier alpha value is -5.27. The van der Waals surface area contributed by atoms with E-state index in [-0.39, 0.29) is 59.6 Å². The van der Waals surface area contributed by atoms with Crippen molar-refractivity contribution < 1.29 is 46.9 Å².